The molecule has 0 atom stereocenters. The van der Waals surface area contributed by atoms with Gasteiger partial charge in [0.25, 0.3) is 0 Å². The van der Waals surface area contributed by atoms with Crippen LogP contribution >= 0.6 is 0 Å². The van der Waals surface area contributed by atoms with Crippen LogP contribution in [0, 0.1) is 0 Å². The number of methoxy groups -OCH3 is 3. The Morgan fingerprint density at radius 2 is 1.63 bits per heavy atom. The maximum atomic E-state index is 5.39. The van der Waals surface area contributed by atoms with Crippen LogP contribution in [0.5, 0.6) is 17.2 Å². The van der Waals surface area contributed by atoms with Crippen molar-refractivity contribution >= 4 is 28.4 Å². The second kappa shape index (κ2) is 8.56. The molecule has 0 amide bonds. The first kappa shape index (κ1) is 19.3. The first-order valence-corrected chi connectivity index (χ1v) is 9.26. The molecule has 0 spiro atoms. The standard InChI is InChI=1S/C21H22N6O3/c1-28-16-8-13(9-17(29-2)21(16)30-3)25-19-10-18(23-12-24-19)22-11-20-26-14-6-4-5-7-15(14)27-20/h4-10,12H,11H2,1-3H3,(H,26,27)(H2,22,23,24,25). The fourth-order valence-corrected chi connectivity index (χ4v) is 3.09. The second-order valence-corrected chi connectivity index (χ2v) is 6.38. The fourth-order valence-electron chi connectivity index (χ4n) is 3.09. The second-order valence-electron chi connectivity index (χ2n) is 6.38. The fraction of sp³-hybridized carbons (Fsp3) is 0.190. The molecule has 0 radical (unpaired) electrons. The van der Waals surface area contributed by atoms with Crippen molar-refractivity contribution in [3.63, 3.8) is 0 Å². The topological polar surface area (TPSA) is 106 Å². The number of fused-ring (bicyclic) bond motifs is 1. The summed E-state index contributed by atoms with van der Waals surface area (Å²) in [4.78, 5) is 16.4. The first-order valence-electron chi connectivity index (χ1n) is 9.26. The zero-order valence-electron chi connectivity index (χ0n) is 16.9. The molecular weight excluding hydrogens is 384 g/mol. The number of anilines is 3. The molecule has 0 fully saturated rings. The Morgan fingerprint density at radius 1 is 0.900 bits per heavy atom. The number of rotatable bonds is 8. The van der Waals surface area contributed by atoms with Crippen LogP contribution in [-0.4, -0.2) is 41.3 Å². The van der Waals surface area contributed by atoms with Gasteiger partial charge in [-0.05, 0) is 12.1 Å². The average Bonchev–Trinajstić information content (AvgIpc) is 3.20. The van der Waals surface area contributed by atoms with Crippen LogP contribution < -0.4 is 24.8 Å². The van der Waals surface area contributed by atoms with Gasteiger partial charge in [0.2, 0.25) is 5.75 Å². The third-order valence-corrected chi connectivity index (χ3v) is 4.48. The molecule has 0 aliphatic rings. The molecule has 4 aromatic rings. The monoisotopic (exact) mass is 406 g/mol. The highest BCUT2D eigenvalue weighted by Crippen LogP contribution is 2.40. The number of aromatic nitrogens is 4. The molecule has 4 rings (SSSR count). The molecule has 9 heteroatoms. The summed E-state index contributed by atoms with van der Waals surface area (Å²) in [6.45, 7) is 0.509. The lowest BCUT2D eigenvalue weighted by Crippen LogP contribution is -2.04. The van der Waals surface area contributed by atoms with E-state index in [0.717, 1.165) is 22.5 Å². The van der Waals surface area contributed by atoms with Gasteiger partial charge in [-0.15, -0.1) is 0 Å². The van der Waals surface area contributed by atoms with Crippen LogP contribution in [0.15, 0.2) is 48.8 Å². The number of benzene rings is 2. The van der Waals surface area contributed by atoms with Gasteiger partial charge in [0, 0.05) is 23.9 Å². The molecular formula is C21H22N6O3. The Bertz CT molecular complexity index is 1100. The molecule has 0 saturated heterocycles. The largest absolute Gasteiger partial charge is 0.493 e. The highest BCUT2D eigenvalue weighted by molar-refractivity contribution is 5.74. The van der Waals surface area contributed by atoms with Crippen molar-refractivity contribution in [2.45, 2.75) is 6.54 Å². The van der Waals surface area contributed by atoms with E-state index in [1.54, 1.807) is 21.3 Å². The molecule has 154 valence electrons. The van der Waals surface area contributed by atoms with Crippen molar-refractivity contribution in [2.24, 2.45) is 0 Å². The van der Waals surface area contributed by atoms with E-state index < -0.39 is 0 Å². The van der Waals surface area contributed by atoms with Gasteiger partial charge in [-0.25, -0.2) is 15.0 Å². The molecule has 9 nitrogen and oxygen atoms in total. The van der Waals surface area contributed by atoms with Crippen LogP contribution in [0.2, 0.25) is 0 Å². The minimum atomic E-state index is 0.509. The lowest BCUT2D eigenvalue weighted by molar-refractivity contribution is 0.324. The van der Waals surface area contributed by atoms with Gasteiger partial charge >= 0.3 is 0 Å². The molecule has 0 unspecified atom stereocenters. The average molecular weight is 406 g/mol. The number of ether oxygens (including phenoxy) is 3. The van der Waals surface area contributed by atoms with Gasteiger partial charge in [-0.1, -0.05) is 12.1 Å². The Hall–Kier alpha value is -4.01. The number of para-hydroxylation sites is 2. The first-order chi connectivity index (χ1) is 14.7. The molecule has 0 aliphatic carbocycles. The molecule has 2 aromatic heterocycles. The highest BCUT2D eigenvalue weighted by Gasteiger charge is 2.13. The van der Waals surface area contributed by atoms with Crippen molar-refractivity contribution < 1.29 is 14.2 Å². The summed E-state index contributed by atoms with van der Waals surface area (Å²) in [5, 5.41) is 6.49. The summed E-state index contributed by atoms with van der Waals surface area (Å²) in [6.07, 6.45) is 1.49. The lowest BCUT2D eigenvalue weighted by Gasteiger charge is -2.15. The van der Waals surface area contributed by atoms with E-state index in [9.17, 15) is 0 Å². The van der Waals surface area contributed by atoms with Crippen molar-refractivity contribution in [3.8, 4) is 17.2 Å². The normalized spacial score (nSPS) is 10.6. The highest BCUT2D eigenvalue weighted by atomic mass is 16.5. The number of nitrogens with zero attached hydrogens (tertiary/aromatic N) is 3. The smallest absolute Gasteiger partial charge is 0.203 e. The Balaban J connectivity index is 1.49. The summed E-state index contributed by atoms with van der Waals surface area (Å²) in [6, 6.07) is 13.3. The van der Waals surface area contributed by atoms with E-state index in [1.807, 2.05) is 42.5 Å². The van der Waals surface area contributed by atoms with E-state index in [1.165, 1.54) is 6.33 Å². The third-order valence-electron chi connectivity index (χ3n) is 4.48. The molecule has 0 saturated carbocycles. The maximum absolute atomic E-state index is 5.39. The zero-order valence-corrected chi connectivity index (χ0v) is 16.9. The Kier molecular flexibility index (Phi) is 5.51. The number of H-pyrrole nitrogens is 1. The number of hydrogen-bond donors (Lipinski definition) is 3. The molecule has 0 bridgehead atoms. The van der Waals surface area contributed by atoms with E-state index in [0.29, 0.717) is 35.4 Å². The Morgan fingerprint density at radius 3 is 2.33 bits per heavy atom. The summed E-state index contributed by atoms with van der Waals surface area (Å²) in [5.74, 6) is 3.75. The number of imidazole rings is 1. The van der Waals surface area contributed by atoms with Crippen molar-refractivity contribution in [1.29, 1.82) is 0 Å². The summed E-state index contributed by atoms with van der Waals surface area (Å²) >= 11 is 0. The van der Waals surface area contributed by atoms with Crippen LogP contribution in [0.25, 0.3) is 11.0 Å². The number of hydrogen-bond acceptors (Lipinski definition) is 8. The predicted molar refractivity (Wildman–Crippen MR) is 115 cm³/mol. The van der Waals surface area contributed by atoms with Gasteiger partial charge in [0.15, 0.2) is 11.5 Å². The number of nitrogens with one attached hydrogen (secondary N) is 3. The van der Waals surface area contributed by atoms with Crippen LogP contribution in [0.3, 0.4) is 0 Å². The molecule has 2 aromatic carbocycles. The zero-order chi connectivity index (χ0) is 20.9. The minimum absolute atomic E-state index is 0.509. The van der Waals surface area contributed by atoms with Crippen LogP contribution in [0.1, 0.15) is 5.82 Å². The van der Waals surface area contributed by atoms with Gasteiger partial charge < -0.3 is 29.8 Å². The predicted octanol–water partition coefficient (Wildman–Crippen LogP) is 3.73. The van der Waals surface area contributed by atoms with Gasteiger partial charge in [-0.3, -0.25) is 0 Å². The summed E-state index contributed by atoms with van der Waals surface area (Å²) in [5.41, 5.74) is 2.68. The van der Waals surface area contributed by atoms with E-state index >= 15 is 0 Å². The van der Waals surface area contributed by atoms with Crippen LogP contribution in [-0.2, 0) is 6.54 Å². The molecule has 2 heterocycles. The third kappa shape index (κ3) is 4.04. The Labute approximate surface area is 173 Å². The van der Waals surface area contributed by atoms with Gasteiger partial charge in [0.1, 0.15) is 23.8 Å². The van der Waals surface area contributed by atoms with Crippen molar-refractivity contribution in [3.05, 3.63) is 54.6 Å². The number of aromatic amines is 1. The molecule has 0 aliphatic heterocycles. The van der Waals surface area contributed by atoms with Gasteiger partial charge in [-0.2, -0.15) is 0 Å². The van der Waals surface area contributed by atoms with E-state index in [4.69, 9.17) is 14.2 Å². The lowest BCUT2D eigenvalue weighted by atomic mass is 10.2. The van der Waals surface area contributed by atoms with Gasteiger partial charge in [0.05, 0.1) is 38.9 Å². The molecule has 30 heavy (non-hydrogen) atoms. The molecule has 3 N–H and O–H groups in total. The van der Waals surface area contributed by atoms with E-state index in [2.05, 4.69) is 30.6 Å². The van der Waals surface area contributed by atoms with E-state index in [-0.39, 0.29) is 0 Å². The van der Waals surface area contributed by atoms with Crippen molar-refractivity contribution in [1.82, 2.24) is 19.9 Å². The maximum Gasteiger partial charge on any atom is 0.203 e. The van der Waals surface area contributed by atoms with Crippen LogP contribution in [0.4, 0.5) is 17.3 Å². The summed E-state index contributed by atoms with van der Waals surface area (Å²) in [7, 11) is 4.72. The SMILES string of the molecule is COc1cc(Nc2cc(NCc3nc4ccccc4[nH]3)ncn2)cc(OC)c1OC. The minimum Gasteiger partial charge on any atom is -0.493 e. The van der Waals surface area contributed by atoms with Crippen molar-refractivity contribution in [2.75, 3.05) is 32.0 Å². The quantitative estimate of drug-likeness (QED) is 0.406. The summed E-state index contributed by atoms with van der Waals surface area (Å²) < 4.78 is 16.1.